The Morgan fingerprint density at radius 3 is 2.39 bits per heavy atom. The average molecular weight is 708 g/mol. The number of amides is 4. The van der Waals surface area contributed by atoms with Crippen LogP contribution in [-0.2, 0) is 25.0 Å². The van der Waals surface area contributed by atoms with Crippen LogP contribution in [0.2, 0.25) is 5.02 Å². The summed E-state index contributed by atoms with van der Waals surface area (Å²) in [4.78, 5) is 54.4. The highest BCUT2D eigenvalue weighted by Crippen LogP contribution is 2.43. The molecule has 0 saturated carbocycles. The van der Waals surface area contributed by atoms with Gasteiger partial charge < -0.3 is 36.0 Å². The Morgan fingerprint density at radius 2 is 1.78 bits per heavy atom. The molecular weight excluding hydrogens is 660 g/mol. The first-order valence-electron chi connectivity index (χ1n) is 16.8. The number of rotatable bonds is 19. The van der Waals surface area contributed by atoms with E-state index in [1.165, 1.54) is 42.5 Å². The number of aliphatic hydroxyl groups excluding tert-OH is 1. The molecule has 2 unspecified atom stereocenters. The van der Waals surface area contributed by atoms with Gasteiger partial charge in [0.15, 0.2) is 12.2 Å². The van der Waals surface area contributed by atoms with Crippen molar-refractivity contribution in [3.63, 3.8) is 0 Å². The highest BCUT2D eigenvalue weighted by atomic mass is 35.5. The molecule has 1 fully saturated rings. The quantitative estimate of drug-likeness (QED) is 0.146. The monoisotopic (exact) mass is 707 g/mol. The number of alkyl halides is 2. The highest BCUT2D eigenvalue weighted by Gasteiger charge is 2.46. The molecule has 2 aromatic carbocycles. The van der Waals surface area contributed by atoms with E-state index in [4.69, 9.17) is 16.3 Å². The number of carbonyl (C=O) groups is 4. The van der Waals surface area contributed by atoms with Crippen molar-refractivity contribution in [2.24, 2.45) is 5.92 Å². The molecule has 2 aromatic rings. The number of carbonyl (C=O) groups excluding carboxylic acids is 4. The maximum Gasteiger partial charge on any atom is 0.408 e. The zero-order chi connectivity index (χ0) is 36.0. The van der Waals surface area contributed by atoms with Crippen molar-refractivity contribution in [3.05, 3.63) is 70.7 Å². The minimum Gasteiger partial charge on any atom is -0.434 e. The second-order valence-electron chi connectivity index (χ2n) is 12.1. The number of halogens is 3. The smallest absolute Gasteiger partial charge is 0.408 e. The first-order valence-corrected chi connectivity index (χ1v) is 17.2. The molecule has 0 bridgehead atoms. The van der Waals surface area contributed by atoms with Crippen LogP contribution in [-0.4, -0.2) is 84.7 Å². The maximum absolute atomic E-state index is 15.9. The van der Waals surface area contributed by atoms with E-state index < -0.39 is 59.6 Å². The largest absolute Gasteiger partial charge is 0.434 e. The van der Waals surface area contributed by atoms with Gasteiger partial charge in [0.1, 0.15) is 6.04 Å². The minimum absolute atomic E-state index is 0.0159. The summed E-state index contributed by atoms with van der Waals surface area (Å²) in [5, 5.41) is 21.6. The van der Waals surface area contributed by atoms with E-state index >= 15 is 8.78 Å². The molecule has 3 rings (SSSR count). The number of unbranched alkanes of at least 4 members (excludes halogenated alkanes) is 1. The second kappa shape index (κ2) is 19.4. The fraction of sp³-hybridized carbons (Fsp3) is 0.543. The van der Waals surface area contributed by atoms with Gasteiger partial charge in [0.25, 0.3) is 5.91 Å². The molecule has 14 heteroatoms. The third-order valence-corrected chi connectivity index (χ3v) is 8.86. The number of alkyl carbamates (subject to hydrolysis) is 1. The summed E-state index contributed by atoms with van der Waals surface area (Å²) in [6.07, 6.45) is -3.40. The lowest BCUT2D eigenvalue weighted by Crippen LogP contribution is -2.56. The van der Waals surface area contributed by atoms with Crippen molar-refractivity contribution in [1.29, 1.82) is 0 Å². The third-order valence-electron chi connectivity index (χ3n) is 8.62. The first kappa shape index (κ1) is 39.6. The molecule has 0 aromatic heterocycles. The molecule has 270 valence electrons. The van der Waals surface area contributed by atoms with E-state index in [0.29, 0.717) is 32.4 Å². The van der Waals surface area contributed by atoms with Gasteiger partial charge in [-0.2, -0.15) is 8.78 Å². The molecule has 0 radical (unpaired) electrons. The van der Waals surface area contributed by atoms with Crippen LogP contribution in [0.3, 0.4) is 0 Å². The fourth-order valence-electron chi connectivity index (χ4n) is 5.68. The van der Waals surface area contributed by atoms with Gasteiger partial charge in [-0.05, 0) is 50.0 Å². The molecular formula is C35H48ClF2N5O6. The molecule has 1 saturated heterocycles. The number of benzene rings is 2. The average Bonchev–Trinajstić information content (AvgIpc) is 3.50. The Bertz CT molecular complexity index is 1380. The number of aliphatic hydroxyl groups is 1. The van der Waals surface area contributed by atoms with Crippen molar-refractivity contribution < 1.29 is 37.8 Å². The van der Waals surface area contributed by atoms with E-state index in [1.807, 2.05) is 20.8 Å². The van der Waals surface area contributed by atoms with E-state index in [9.17, 15) is 24.3 Å². The summed E-state index contributed by atoms with van der Waals surface area (Å²) in [6, 6.07) is 10.1. The molecule has 5 N–H and O–H groups in total. The molecule has 1 aliphatic heterocycles. The van der Waals surface area contributed by atoms with E-state index in [-0.39, 0.29) is 35.9 Å². The number of hydrogen-bond donors (Lipinski definition) is 5. The van der Waals surface area contributed by atoms with Gasteiger partial charge in [-0.15, -0.1) is 0 Å². The molecule has 0 aliphatic carbocycles. The lowest BCUT2D eigenvalue weighted by molar-refractivity contribution is -0.134. The predicted octanol–water partition coefficient (Wildman–Crippen LogP) is 4.29. The van der Waals surface area contributed by atoms with Gasteiger partial charge in [-0.25, -0.2) is 4.79 Å². The van der Waals surface area contributed by atoms with Crippen LogP contribution in [0.1, 0.15) is 70.1 Å². The van der Waals surface area contributed by atoms with Crippen LogP contribution in [0.15, 0.2) is 54.6 Å². The van der Waals surface area contributed by atoms with Crippen molar-refractivity contribution in [3.8, 4) is 0 Å². The highest BCUT2D eigenvalue weighted by molar-refractivity contribution is 6.30. The van der Waals surface area contributed by atoms with Crippen LogP contribution in [0.25, 0.3) is 0 Å². The number of ether oxygens (including phenoxy) is 1. The number of nitrogens with one attached hydrogen (secondary N) is 4. The molecule has 4 amide bonds. The van der Waals surface area contributed by atoms with Crippen LogP contribution < -0.4 is 21.3 Å². The lowest BCUT2D eigenvalue weighted by Gasteiger charge is -2.30. The summed E-state index contributed by atoms with van der Waals surface area (Å²) in [7, 11) is 0. The minimum atomic E-state index is -3.71. The number of nitrogens with zero attached hydrogens (tertiary/aromatic N) is 1. The van der Waals surface area contributed by atoms with Crippen molar-refractivity contribution in [1.82, 2.24) is 26.2 Å². The molecule has 49 heavy (non-hydrogen) atoms. The van der Waals surface area contributed by atoms with Crippen LogP contribution in [0, 0.1) is 5.92 Å². The fourth-order valence-corrected chi connectivity index (χ4v) is 5.87. The summed E-state index contributed by atoms with van der Waals surface area (Å²) in [5.41, 5.74) is -0.452. The Kier molecular flexibility index (Phi) is 15.7. The topological polar surface area (TPSA) is 149 Å². The first-order chi connectivity index (χ1) is 23.4. The van der Waals surface area contributed by atoms with Gasteiger partial charge in [0.2, 0.25) is 11.8 Å². The third kappa shape index (κ3) is 11.6. The Balaban J connectivity index is 1.80. The van der Waals surface area contributed by atoms with E-state index in [0.717, 1.165) is 19.2 Å². The van der Waals surface area contributed by atoms with Gasteiger partial charge in [0, 0.05) is 36.1 Å². The van der Waals surface area contributed by atoms with Crippen LogP contribution in [0.4, 0.5) is 13.6 Å². The van der Waals surface area contributed by atoms with Crippen molar-refractivity contribution in [2.75, 3.05) is 32.7 Å². The van der Waals surface area contributed by atoms with Gasteiger partial charge >= 0.3 is 12.0 Å². The zero-order valence-electron chi connectivity index (χ0n) is 28.2. The maximum atomic E-state index is 15.9. The Morgan fingerprint density at radius 1 is 1.06 bits per heavy atom. The van der Waals surface area contributed by atoms with Crippen LogP contribution >= 0.6 is 11.6 Å². The predicted molar refractivity (Wildman–Crippen MR) is 182 cm³/mol. The standard InChI is InChI=1S/C35H48ClF2N5O6/c1-4-7-16-27(42-34(48)49-30(23-12-9-8-10-13-23)35(37,38)25-14-11-15-26(36)22-25)32(46)41-28(21-24-17-18-39-31(24)45)29(44)33(47)40-19-20-43(5-2)6-3/h8-15,22,24,27-30,44H,4-7,16-21H2,1-3H3,(H,39,45)(H,40,47)(H,41,46)(H,42,48)/t24-,27-,28-,29?,30?/m0/s1. The van der Waals surface area contributed by atoms with Gasteiger partial charge in [0.05, 0.1) is 6.04 Å². The molecule has 1 heterocycles. The molecule has 1 aliphatic rings. The number of hydrogen-bond acceptors (Lipinski definition) is 7. The second-order valence-corrected chi connectivity index (χ2v) is 12.5. The molecule has 0 spiro atoms. The van der Waals surface area contributed by atoms with Crippen molar-refractivity contribution >= 4 is 35.4 Å². The SMILES string of the molecule is CCCC[C@H](NC(=O)OC(c1ccccc1)C(F)(F)c1cccc(Cl)c1)C(=O)N[C@@H](C[C@@H]1CCNC1=O)C(O)C(=O)NCCN(CC)CC. The zero-order valence-corrected chi connectivity index (χ0v) is 29.0. The summed E-state index contributed by atoms with van der Waals surface area (Å²) < 4.78 is 37.2. The van der Waals surface area contributed by atoms with E-state index in [1.54, 1.807) is 6.07 Å². The lowest BCUT2D eigenvalue weighted by atomic mass is 9.94. The number of likely N-dealkylation sites (N-methyl/N-ethyl adjacent to an activating group) is 1. The van der Waals surface area contributed by atoms with Crippen LogP contribution in [0.5, 0.6) is 0 Å². The van der Waals surface area contributed by atoms with Gasteiger partial charge in [-0.1, -0.05) is 87.7 Å². The molecule has 5 atom stereocenters. The van der Waals surface area contributed by atoms with Gasteiger partial charge in [-0.3, -0.25) is 14.4 Å². The summed E-state index contributed by atoms with van der Waals surface area (Å²) in [6.45, 7) is 8.65. The summed E-state index contributed by atoms with van der Waals surface area (Å²) >= 11 is 5.99. The summed E-state index contributed by atoms with van der Waals surface area (Å²) in [5.74, 6) is -6.01. The Hall–Kier alpha value is -3.81. The normalized spacial score (nSPS) is 17.1. The Labute approximate surface area is 291 Å². The van der Waals surface area contributed by atoms with Crippen molar-refractivity contribution in [2.45, 2.75) is 83.1 Å². The van der Waals surface area contributed by atoms with E-state index in [2.05, 4.69) is 26.2 Å². The molecule has 11 nitrogen and oxygen atoms in total.